The highest BCUT2D eigenvalue weighted by atomic mass is 35.5. The summed E-state index contributed by atoms with van der Waals surface area (Å²) in [6, 6.07) is 5.59. The molecule has 1 aromatic carbocycles. The Morgan fingerprint density at radius 2 is 2.10 bits per heavy atom. The van der Waals surface area contributed by atoms with Crippen molar-refractivity contribution < 1.29 is 13.2 Å². The highest BCUT2D eigenvalue weighted by Gasteiger charge is 2.13. The zero-order valence-electron chi connectivity index (χ0n) is 11.4. The first-order chi connectivity index (χ1) is 9.44. The molecule has 2 rings (SSSR count). The minimum atomic E-state index is -3.32. The van der Waals surface area contributed by atoms with Gasteiger partial charge < -0.3 is 10.1 Å². The predicted octanol–water partition coefficient (Wildman–Crippen LogP) is 2.69. The van der Waals surface area contributed by atoms with Crippen LogP contribution in [0.4, 0.5) is 11.4 Å². The van der Waals surface area contributed by atoms with Crippen LogP contribution in [0, 0.1) is 0 Å². The van der Waals surface area contributed by atoms with E-state index in [-0.39, 0.29) is 0 Å². The van der Waals surface area contributed by atoms with E-state index in [0.717, 1.165) is 44.4 Å². The van der Waals surface area contributed by atoms with Crippen LogP contribution in [0.25, 0.3) is 0 Å². The van der Waals surface area contributed by atoms with E-state index in [1.165, 1.54) is 0 Å². The van der Waals surface area contributed by atoms with Gasteiger partial charge in [-0.1, -0.05) is 11.6 Å². The van der Waals surface area contributed by atoms with Gasteiger partial charge in [0.2, 0.25) is 10.0 Å². The lowest BCUT2D eigenvalue weighted by molar-refractivity contribution is 0.144. The fraction of sp³-hybridized carbons (Fsp3) is 0.538. The molecule has 7 heteroatoms. The van der Waals surface area contributed by atoms with E-state index >= 15 is 0 Å². The van der Waals surface area contributed by atoms with Gasteiger partial charge in [-0.2, -0.15) is 0 Å². The summed E-state index contributed by atoms with van der Waals surface area (Å²) >= 11 is 6.09. The molecule has 1 aromatic rings. The molecule has 1 unspecified atom stereocenters. The van der Waals surface area contributed by atoms with Gasteiger partial charge in [0.25, 0.3) is 0 Å². The van der Waals surface area contributed by atoms with E-state index in [2.05, 4.69) is 10.0 Å². The Morgan fingerprint density at radius 3 is 2.80 bits per heavy atom. The molecular formula is C13H19ClN2O3S. The summed E-state index contributed by atoms with van der Waals surface area (Å²) in [6.07, 6.45) is 4.15. The largest absolute Gasteiger partial charge is 0.382 e. The number of hydrogen-bond acceptors (Lipinski definition) is 4. The van der Waals surface area contributed by atoms with Crippen LogP contribution in [-0.2, 0) is 14.8 Å². The minimum Gasteiger partial charge on any atom is -0.382 e. The molecule has 1 saturated heterocycles. The third-order valence-corrected chi connectivity index (χ3v) is 3.99. The molecule has 20 heavy (non-hydrogen) atoms. The lowest BCUT2D eigenvalue weighted by Gasteiger charge is -2.18. The van der Waals surface area contributed by atoms with E-state index in [9.17, 15) is 8.42 Å². The van der Waals surface area contributed by atoms with Crippen LogP contribution in [-0.4, -0.2) is 33.9 Å². The molecule has 0 bridgehead atoms. The highest BCUT2D eigenvalue weighted by Crippen LogP contribution is 2.27. The average molecular weight is 319 g/mol. The van der Waals surface area contributed by atoms with Crippen molar-refractivity contribution in [2.75, 3.05) is 29.5 Å². The first-order valence-electron chi connectivity index (χ1n) is 6.56. The number of rotatable bonds is 4. The molecule has 2 N–H and O–H groups in total. The first kappa shape index (κ1) is 15.4. The number of sulfonamides is 1. The fourth-order valence-electron chi connectivity index (χ4n) is 2.17. The summed E-state index contributed by atoms with van der Waals surface area (Å²) in [7, 11) is -3.32. The van der Waals surface area contributed by atoms with Gasteiger partial charge >= 0.3 is 0 Å². The van der Waals surface area contributed by atoms with E-state index in [4.69, 9.17) is 16.3 Å². The van der Waals surface area contributed by atoms with Crippen molar-refractivity contribution >= 4 is 33.0 Å². The number of ether oxygens (including phenoxy) is 1. The number of anilines is 2. The quantitative estimate of drug-likeness (QED) is 0.895. The lowest BCUT2D eigenvalue weighted by Crippen LogP contribution is -2.19. The third-order valence-electron chi connectivity index (χ3n) is 3.09. The Labute approximate surface area is 124 Å². The van der Waals surface area contributed by atoms with E-state index in [1.54, 1.807) is 12.1 Å². The summed E-state index contributed by atoms with van der Waals surface area (Å²) in [5.41, 5.74) is 1.28. The Bertz CT molecular complexity index is 555. The molecule has 0 saturated carbocycles. The zero-order valence-corrected chi connectivity index (χ0v) is 12.9. The number of halogens is 1. The van der Waals surface area contributed by atoms with E-state index in [0.29, 0.717) is 16.8 Å². The van der Waals surface area contributed by atoms with Crippen molar-refractivity contribution in [3.8, 4) is 0 Å². The molecule has 112 valence electrons. The summed E-state index contributed by atoms with van der Waals surface area (Å²) in [4.78, 5) is 0. The Hall–Kier alpha value is -0.980. The standard InChI is InChI=1S/C13H19ClN2O3S/c1-20(17,18)16-13-5-4-11(9-12(13)14)15-10-3-2-7-19-8-6-10/h4-5,9-10,15-16H,2-3,6-8H2,1H3. The number of nitrogens with one attached hydrogen (secondary N) is 2. The van der Waals surface area contributed by atoms with Gasteiger partial charge in [0.05, 0.1) is 17.0 Å². The van der Waals surface area contributed by atoms with Crippen molar-refractivity contribution in [3.05, 3.63) is 23.2 Å². The van der Waals surface area contributed by atoms with Crippen LogP contribution in [0.15, 0.2) is 18.2 Å². The molecule has 0 aliphatic carbocycles. The molecule has 0 radical (unpaired) electrons. The second-order valence-electron chi connectivity index (χ2n) is 4.95. The van der Waals surface area contributed by atoms with E-state index < -0.39 is 10.0 Å². The molecule has 1 fully saturated rings. The second-order valence-corrected chi connectivity index (χ2v) is 7.11. The monoisotopic (exact) mass is 318 g/mol. The molecule has 5 nitrogen and oxygen atoms in total. The van der Waals surface area contributed by atoms with Crippen molar-refractivity contribution in [3.63, 3.8) is 0 Å². The molecule has 0 amide bonds. The van der Waals surface area contributed by atoms with Crippen LogP contribution in [0.5, 0.6) is 0 Å². The van der Waals surface area contributed by atoms with Crippen LogP contribution in [0.2, 0.25) is 5.02 Å². The molecule has 1 aliphatic heterocycles. The molecule has 0 aromatic heterocycles. The minimum absolute atomic E-state index is 0.363. The van der Waals surface area contributed by atoms with Gasteiger partial charge in [-0.05, 0) is 37.5 Å². The Balaban J connectivity index is 2.04. The average Bonchev–Trinajstić information content (AvgIpc) is 2.60. The molecule has 1 heterocycles. The summed E-state index contributed by atoms with van der Waals surface area (Å²) in [6.45, 7) is 1.58. The topological polar surface area (TPSA) is 67.4 Å². The van der Waals surface area contributed by atoms with Crippen molar-refractivity contribution in [2.24, 2.45) is 0 Å². The van der Waals surface area contributed by atoms with Crippen molar-refractivity contribution in [1.29, 1.82) is 0 Å². The first-order valence-corrected chi connectivity index (χ1v) is 8.82. The second kappa shape index (κ2) is 6.65. The van der Waals surface area contributed by atoms with Gasteiger partial charge in [-0.15, -0.1) is 0 Å². The maximum Gasteiger partial charge on any atom is 0.229 e. The normalized spacial score (nSPS) is 20.2. The Kier molecular flexibility index (Phi) is 5.12. The van der Waals surface area contributed by atoms with Crippen LogP contribution in [0.1, 0.15) is 19.3 Å². The summed E-state index contributed by atoms with van der Waals surface area (Å²) in [5, 5.41) is 3.79. The maximum atomic E-state index is 11.2. The van der Waals surface area contributed by atoms with Gasteiger partial charge in [-0.3, -0.25) is 4.72 Å². The highest BCUT2D eigenvalue weighted by molar-refractivity contribution is 7.92. The molecular weight excluding hydrogens is 300 g/mol. The van der Waals surface area contributed by atoms with Crippen LogP contribution < -0.4 is 10.0 Å². The van der Waals surface area contributed by atoms with Gasteiger partial charge in [0.1, 0.15) is 0 Å². The maximum absolute atomic E-state index is 11.2. The van der Waals surface area contributed by atoms with Gasteiger partial charge in [-0.25, -0.2) is 8.42 Å². The van der Waals surface area contributed by atoms with Crippen molar-refractivity contribution in [2.45, 2.75) is 25.3 Å². The van der Waals surface area contributed by atoms with Crippen molar-refractivity contribution in [1.82, 2.24) is 0 Å². The predicted molar refractivity (Wildman–Crippen MR) is 82.0 cm³/mol. The van der Waals surface area contributed by atoms with Crippen LogP contribution in [0.3, 0.4) is 0 Å². The van der Waals surface area contributed by atoms with Gasteiger partial charge in [0.15, 0.2) is 0 Å². The van der Waals surface area contributed by atoms with Gasteiger partial charge in [0, 0.05) is 24.9 Å². The van der Waals surface area contributed by atoms with Crippen LogP contribution >= 0.6 is 11.6 Å². The molecule has 0 spiro atoms. The third kappa shape index (κ3) is 4.85. The smallest absolute Gasteiger partial charge is 0.229 e. The zero-order chi connectivity index (χ0) is 14.6. The lowest BCUT2D eigenvalue weighted by atomic mass is 10.1. The molecule has 1 atom stereocenters. The number of hydrogen-bond donors (Lipinski definition) is 2. The Morgan fingerprint density at radius 1 is 1.30 bits per heavy atom. The summed E-state index contributed by atoms with van der Waals surface area (Å²) in [5.74, 6) is 0. The summed E-state index contributed by atoms with van der Waals surface area (Å²) < 4.78 is 30.2. The fourth-order valence-corrected chi connectivity index (χ4v) is 3.03. The molecule has 1 aliphatic rings. The van der Waals surface area contributed by atoms with E-state index in [1.807, 2.05) is 6.07 Å². The number of benzene rings is 1. The SMILES string of the molecule is CS(=O)(=O)Nc1ccc(NC2CCCOCC2)cc1Cl.